The van der Waals surface area contributed by atoms with Crippen molar-refractivity contribution >= 4 is 17.3 Å². The first-order valence-corrected chi connectivity index (χ1v) is 7.00. The van der Waals surface area contributed by atoms with Gasteiger partial charge in [0, 0.05) is 0 Å². The van der Waals surface area contributed by atoms with E-state index in [9.17, 15) is 4.79 Å². The van der Waals surface area contributed by atoms with Crippen molar-refractivity contribution in [1.82, 2.24) is 25.2 Å². The van der Waals surface area contributed by atoms with Gasteiger partial charge in [-0.3, -0.25) is 4.79 Å². The van der Waals surface area contributed by atoms with Crippen LogP contribution in [0.25, 0.3) is 5.69 Å². The van der Waals surface area contributed by atoms with Crippen molar-refractivity contribution in [3.63, 3.8) is 0 Å². The van der Waals surface area contributed by atoms with E-state index in [-0.39, 0.29) is 11.1 Å². The van der Waals surface area contributed by atoms with E-state index in [2.05, 4.69) is 25.8 Å². The minimum absolute atomic E-state index is 0.0669. The Hall–Kier alpha value is -2.67. The third-order valence-electron chi connectivity index (χ3n) is 3.14. The molecule has 0 saturated heterocycles. The van der Waals surface area contributed by atoms with Crippen LogP contribution < -0.4 is 10.9 Å². The molecule has 8 heteroatoms. The third kappa shape index (κ3) is 2.84. The number of halogens is 1. The highest BCUT2D eigenvalue weighted by molar-refractivity contribution is 6.32. The van der Waals surface area contributed by atoms with Crippen LogP contribution in [-0.4, -0.2) is 25.2 Å². The molecular weight excluding hydrogens is 304 g/mol. The van der Waals surface area contributed by atoms with Crippen LogP contribution in [0.2, 0.25) is 5.02 Å². The number of hydrogen-bond acceptors (Lipinski definition) is 5. The maximum atomic E-state index is 11.4. The van der Waals surface area contributed by atoms with Gasteiger partial charge in [0.15, 0.2) is 0 Å². The summed E-state index contributed by atoms with van der Waals surface area (Å²) in [5, 5.41) is 17.4. The van der Waals surface area contributed by atoms with Gasteiger partial charge in [-0.05, 0) is 19.1 Å². The lowest BCUT2D eigenvalue weighted by atomic mass is 10.2. The van der Waals surface area contributed by atoms with Crippen LogP contribution in [0.4, 0.5) is 5.69 Å². The van der Waals surface area contributed by atoms with Crippen LogP contribution >= 0.6 is 11.6 Å². The highest BCUT2D eigenvalue weighted by atomic mass is 35.5. The fourth-order valence-corrected chi connectivity index (χ4v) is 2.12. The second-order valence-electron chi connectivity index (χ2n) is 4.72. The van der Waals surface area contributed by atoms with E-state index in [1.165, 1.54) is 6.20 Å². The fraction of sp³-hybridized carbons (Fsp3) is 0.143. The summed E-state index contributed by atoms with van der Waals surface area (Å²) in [6.45, 7) is 1.90. The summed E-state index contributed by atoms with van der Waals surface area (Å²) in [6.07, 6.45) is 3.28. The number of para-hydroxylation sites is 1. The number of H-pyrrole nitrogens is 1. The molecule has 1 atom stereocenters. The van der Waals surface area contributed by atoms with Crippen LogP contribution in [0.5, 0.6) is 0 Å². The number of aromatic amines is 1. The molecule has 3 aromatic rings. The molecule has 3 rings (SSSR count). The average Bonchev–Trinajstić information content (AvgIpc) is 3.03. The van der Waals surface area contributed by atoms with Crippen molar-refractivity contribution in [2.24, 2.45) is 0 Å². The fourth-order valence-electron chi connectivity index (χ4n) is 1.97. The minimum Gasteiger partial charge on any atom is -0.374 e. The molecule has 0 radical (unpaired) electrons. The standard InChI is InChI=1S/C14H13ClN6O/c1-9(17-11-7-16-19-14(22)13(11)15)12-8-21(20-18-12)10-5-3-2-4-6-10/h2-9H,1H3,(H2,17,19,22). The van der Waals surface area contributed by atoms with E-state index in [4.69, 9.17) is 11.6 Å². The molecule has 1 aromatic carbocycles. The van der Waals surface area contributed by atoms with E-state index in [1.807, 2.05) is 43.5 Å². The molecule has 0 bridgehead atoms. The zero-order valence-corrected chi connectivity index (χ0v) is 12.4. The molecule has 0 fully saturated rings. The Balaban J connectivity index is 1.81. The molecule has 2 heterocycles. The molecular formula is C14H13ClN6O. The predicted octanol–water partition coefficient (Wildman–Crippen LogP) is 2.18. The van der Waals surface area contributed by atoms with E-state index < -0.39 is 5.56 Å². The quantitative estimate of drug-likeness (QED) is 0.770. The van der Waals surface area contributed by atoms with Gasteiger partial charge in [-0.1, -0.05) is 35.0 Å². The van der Waals surface area contributed by atoms with Gasteiger partial charge >= 0.3 is 0 Å². The molecule has 7 nitrogen and oxygen atoms in total. The average molecular weight is 317 g/mol. The van der Waals surface area contributed by atoms with Crippen molar-refractivity contribution in [3.05, 3.63) is 63.8 Å². The second kappa shape index (κ2) is 5.98. The number of aromatic nitrogens is 5. The largest absolute Gasteiger partial charge is 0.374 e. The lowest BCUT2D eigenvalue weighted by Gasteiger charge is -2.12. The number of nitrogens with zero attached hydrogens (tertiary/aromatic N) is 4. The maximum Gasteiger partial charge on any atom is 0.285 e. The smallest absolute Gasteiger partial charge is 0.285 e. The highest BCUT2D eigenvalue weighted by Crippen LogP contribution is 2.21. The SMILES string of the molecule is CC(Nc1cn[nH]c(=O)c1Cl)c1cn(-c2ccccc2)nn1. The first-order valence-electron chi connectivity index (χ1n) is 6.62. The number of nitrogens with one attached hydrogen (secondary N) is 2. The highest BCUT2D eigenvalue weighted by Gasteiger charge is 2.13. The molecule has 1 unspecified atom stereocenters. The van der Waals surface area contributed by atoms with Crippen LogP contribution in [0.15, 0.2) is 47.5 Å². The topological polar surface area (TPSA) is 88.5 Å². The number of hydrogen-bond donors (Lipinski definition) is 2. The zero-order chi connectivity index (χ0) is 15.5. The van der Waals surface area contributed by atoms with E-state index >= 15 is 0 Å². The molecule has 0 spiro atoms. The lowest BCUT2D eigenvalue weighted by Crippen LogP contribution is -2.14. The monoisotopic (exact) mass is 316 g/mol. The van der Waals surface area contributed by atoms with Crippen molar-refractivity contribution in [2.75, 3.05) is 5.32 Å². The van der Waals surface area contributed by atoms with Gasteiger partial charge in [-0.15, -0.1) is 5.10 Å². The van der Waals surface area contributed by atoms with Crippen LogP contribution in [0.1, 0.15) is 18.7 Å². The Morgan fingerprint density at radius 1 is 1.32 bits per heavy atom. The Bertz CT molecular complexity index is 829. The number of anilines is 1. The molecule has 2 aromatic heterocycles. The number of benzene rings is 1. The summed E-state index contributed by atoms with van der Waals surface area (Å²) < 4.78 is 1.69. The molecule has 0 aliphatic rings. The molecule has 112 valence electrons. The first kappa shape index (κ1) is 14.3. The summed E-state index contributed by atoms with van der Waals surface area (Å²) in [7, 11) is 0. The van der Waals surface area contributed by atoms with Crippen molar-refractivity contribution < 1.29 is 0 Å². The lowest BCUT2D eigenvalue weighted by molar-refractivity contribution is 0.780. The van der Waals surface area contributed by atoms with Crippen LogP contribution in [-0.2, 0) is 0 Å². The summed E-state index contributed by atoms with van der Waals surface area (Å²) in [6, 6.07) is 9.49. The summed E-state index contributed by atoms with van der Waals surface area (Å²) in [4.78, 5) is 11.4. The van der Waals surface area contributed by atoms with E-state index in [0.29, 0.717) is 5.69 Å². The Kier molecular flexibility index (Phi) is 3.88. The molecule has 22 heavy (non-hydrogen) atoms. The minimum atomic E-state index is -0.438. The van der Waals surface area contributed by atoms with Crippen molar-refractivity contribution in [3.8, 4) is 5.69 Å². The van der Waals surface area contributed by atoms with Gasteiger partial charge in [-0.25, -0.2) is 9.78 Å². The maximum absolute atomic E-state index is 11.4. The first-order chi connectivity index (χ1) is 10.6. The Morgan fingerprint density at radius 3 is 2.86 bits per heavy atom. The van der Waals surface area contributed by atoms with E-state index in [1.54, 1.807) is 4.68 Å². The summed E-state index contributed by atoms with van der Waals surface area (Å²) in [5.41, 5.74) is 1.66. The van der Waals surface area contributed by atoms with Crippen LogP contribution in [0.3, 0.4) is 0 Å². The number of rotatable bonds is 4. The van der Waals surface area contributed by atoms with Crippen LogP contribution in [0, 0.1) is 0 Å². The zero-order valence-electron chi connectivity index (χ0n) is 11.7. The summed E-state index contributed by atoms with van der Waals surface area (Å²) >= 11 is 5.94. The normalized spacial score (nSPS) is 12.1. The van der Waals surface area contributed by atoms with Gasteiger partial charge < -0.3 is 5.32 Å². The molecule has 0 saturated carbocycles. The van der Waals surface area contributed by atoms with Gasteiger partial charge in [0.05, 0.1) is 29.8 Å². The van der Waals surface area contributed by atoms with Crippen molar-refractivity contribution in [2.45, 2.75) is 13.0 Å². The van der Waals surface area contributed by atoms with Gasteiger partial charge in [0.2, 0.25) is 0 Å². The Labute approximate surface area is 130 Å². The molecule has 0 aliphatic heterocycles. The molecule has 2 N–H and O–H groups in total. The van der Waals surface area contributed by atoms with E-state index in [0.717, 1.165) is 11.4 Å². The van der Waals surface area contributed by atoms with Gasteiger partial charge in [0.25, 0.3) is 5.56 Å². The molecule has 0 aliphatic carbocycles. The summed E-state index contributed by atoms with van der Waals surface area (Å²) in [5.74, 6) is 0. The Morgan fingerprint density at radius 2 is 2.09 bits per heavy atom. The predicted molar refractivity (Wildman–Crippen MR) is 83.3 cm³/mol. The molecule has 0 amide bonds. The second-order valence-corrected chi connectivity index (χ2v) is 5.09. The third-order valence-corrected chi connectivity index (χ3v) is 3.52. The van der Waals surface area contributed by atoms with Gasteiger partial charge in [-0.2, -0.15) is 5.10 Å². The van der Waals surface area contributed by atoms with Gasteiger partial charge in [0.1, 0.15) is 10.7 Å². The van der Waals surface area contributed by atoms with Crippen molar-refractivity contribution in [1.29, 1.82) is 0 Å².